The second kappa shape index (κ2) is 7.59. The Bertz CT molecular complexity index is 564. The molecule has 0 radical (unpaired) electrons. The number of carbonyl (C=O) groups is 1. The molecule has 0 atom stereocenters. The molecule has 1 aromatic heterocycles. The van der Waals surface area contributed by atoms with E-state index in [1.54, 1.807) is 18.3 Å². The Morgan fingerprint density at radius 3 is 2.50 bits per heavy atom. The van der Waals surface area contributed by atoms with Crippen molar-refractivity contribution in [3.05, 3.63) is 29.6 Å². The lowest BCUT2D eigenvalue weighted by Gasteiger charge is -2.42. The van der Waals surface area contributed by atoms with E-state index in [0.29, 0.717) is 24.3 Å². The van der Waals surface area contributed by atoms with Crippen molar-refractivity contribution in [1.29, 1.82) is 0 Å². The average molecular weight is 333 g/mol. The van der Waals surface area contributed by atoms with Gasteiger partial charge in [-0.25, -0.2) is 0 Å². The molecule has 6 heteroatoms. The highest BCUT2D eigenvalue weighted by atomic mass is 16.3. The van der Waals surface area contributed by atoms with Gasteiger partial charge < -0.3 is 20.0 Å². The smallest absolute Gasteiger partial charge is 0.272 e. The van der Waals surface area contributed by atoms with Gasteiger partial charge in [0, 0.05) is 31.2 Å². The van der Waals surface area contributed by atoms with Gasteiger partial charge in [-0.1, -0.05) is 0 Å². The summed E-state index contributed by atoms with van der Waals surface area (Å²) in [5, 5.41) is 19.1. The zero-order valence-corrected chi connectivity index (χ0v) is 14.2. The Kier molecular flexibility index (Phi) is 5.48. The van der Waals surface area contributed by atoms with E-state index < -0.39 is 0 Å². The highest BCUT2D eigenvalue weighted by Crippen LogP contribution is 2.33. The number of rotatable bonds is 5. The van der Waals surface area contributed by atoms with E-state index in [2.05, 4.69) is 9.88 Å². The van der Waals surface area contributed by atoms with Crippen molar-refractivity contribution in [2.75, 3.05) is 39.3 Å². The maximum absolute atomic E-state index is 12.6. The van der Waals surface area contributed by atoms with Crippen molar-refractivity contribution in [3.63, 3.8) is 0 Å². The minimum Gasteiger partial charge on any atom is -0.396 e. The number of hydrogen-bond donors (Lipinski definition) is 2. The van der Waals surface area contributed by atoms with Crippen molar-refractivity contribution in [1.82, 2.24) is 14.8 Å². The van der Waals surface area contributed by atoms with Gasteiger partial charge >= 0.3 is 0 Å². The van der Waals surface area contributed by atoms with E-state index in [1.807, 2.05) is 4.90 Å². The van der Waals surface area contributed by atoms with Crippen LogP contribution in [0.5, 0.6) is 0 Å². The Morgan fingerprint density at radius 2 is 1.88 bits per heavy atom. The summed E-state index contributed by atoms with van der Waals surface area (Å²) in [5.41, 5.74) is 1.00. The number of likely N-dealkylation sites (tertiary alicyclic amines) is 2. The lowest BCUT2D eigenvalue weighted by atomic mass is 9.78. The van der Waals surface area contributed by atoms with Crippen LogP contribution in [0.2, 0.25) is 0 Å². The highest BCUT2D eigenvalue weighted by Gasteiger charge is 2.37. The van der Waals surface area contributed by atoms with Gasteiger partial charge in [0.2, 0.25) is 0 Å². The van der Waals surface area contributed by atoms with Crippen molar-refractivity contribution >= 4 is 5.91 Å². The molecule has 0 bridgehead atoms. The zero-order valence-electron chi connectivity index (χ0n) is 14.2. The lowest BCUT2D eigenvalue weighted by Crippen LogP contribution is -2.49. The molecule has 0 aromatic carbocycles. The number of amides is 1. The fourth-order valence-corrected chi connectivity index (χ4v) is 3.82. The zero-order chi connectivity index (χ0) is 17.0. The average Bonchev–Trinajstić information content (AvgIpc) is 3.14. The molecular formula is C18H27N3O3. The summed E-state index contributed by atoms with van der Waals surface area (Å²) in [4.78, 5) is 21.0. The number of aliphatic hydroxyl groups excluding tert-OH is 2. The minimum absolute atomic E-state index is 0.0818. The van der Waals surface area contributed by atoms with Gasteiger partial charge in [0.1, 0.15) is 5.69 Å². The first-order chi connectivity index (χ1) is 11.7. The number of carbonyl (C=O) groups excluding carboxylic acids is 1. The number of nitrogens with zero attached hydrogens (tertiary/aromatic N) is 3. The first-order valence-electron chi connectivity index (χ1n) is 8.84. The van der Waals surface area contributed by atoms with Crippen molar-refractivity contribution in [3.8, 4) is 0 Å². The van der Waals surface area contributed by atoms with Crippen molar-refractivity contribution < 1.29 is 15.0 Å². The predicted octanol–water partition coefficient (Wildman–Crippen LogP) is 0.884. The van der Waals surface area contributed by atoms with Crippen LogP contribution in [0.1, 0.15) is 41.7 Å². The van der Waals surface area contributed by atoms with Crippen molar-refractivity contribution in [2.45, 2.75) is 32.3 Å². The van der Waals surface area contributed by atoms with Crippen LogP contribution in [-0.4, -0.2) is 70.2 Å². The minimum atomic E-state index is -0.0910. The summed E-state index contributed by atoms with van der Waals surface area (Å²) in [5.74, 6) is -0.0852. The van der Waals surface area contributed by atoms with E-state index >= 15 is 0 Å². The number of piperidine rings is 1. The fourth-order valence-electron chi connectivity index (χ4n) is 3.82. The van der Waals surface area contributed by atoms with Crippen LogP contribution in [0.4, 0.5) is 0 Å². The van der Waals surface area contributed by atoms with Crippen LogP contribution in [0.3, 0.4) is 0 Å². The molecule has 3 heterocycles. The monoisotopic (exact) mass is 333 g/mol. The predicted molar refractivity (Wildman–Crippen MR) is 90.5 cm³/mol. The molecule has 132 valence electrons. The molecule has 1 amide bonds. The highest BCUT2D eigenvalue weighted by molar-refractivity contribution is 5.92. The molecule has 6 nitrogen and oxygen atoms in total. The number of pyridine rings is 1. The molecule has 1 aromatic rings. The molecule has 0 spiro atoms. The Labute approximate surface area is 143 Å². The molecule has 0 saturated carbocycles. The Balaban J connectivity index is 1.61. The molecule has 2 aliphatic heterocycles. The summed E-state index contributed by atoms with van der Waals surface area (Å²) in [6.45, 7) is 4.58. The van der Waals surface area contributed by atoms with E-state index in [9.17, 15) is 15.0 Å². The normalized spacial score (nSPS) is 21.2. The van der Waals surface area contributed by atoms with Gasteiger partial charge in [-0.05, 0) is 56.5 Å². The first-order valence-corrected chi connectivity index (χ1v) is 8.84. The maximum Gasteiger partial charge on any atom is 0.272 e. The quantitative estimate of drug-likeness (QED) is 0.837. The summed E-state index contributed by atoms with van der Waals surface area (Å²) >= 11 is 0. The van der Waals surface area contributed by atoms with Crippen LogP contribution in [0.15, 0.2) is 18.3 Å². The number of aliphatic hydroxyl groups is 2. The second-order valence-electron chi connectivity index (χ2n) is 7.14. The third kappa shape index (κ3) is 3.77. The maximum atomic E-state index is 12.6. The van der Waals surface area contributed by atoms with Gasteiger partial charge in [0.15, 0.2) is 0 Å². The number of aromatic nitrogens is 1. The third-order valence-corrected chi connectivity index (χ3v) is 5.43. The SMILES string of the molecule is O=C(c1cc(CO)ccn1)N1CCC(CO)(CN2CCCC2)CC1. The van der Waals surface area contributed by atoms with Gasteiger partial charge in [0.25, 0.3) is 5.91 Å². The van der Waals surface area contributed by atoms with Gasteiger partial charge in [0.05, 0.1) is 13.2 Å². The molecule has 2 fully saturated rings. The Hall–Kier alpha value is -1.50. The first kappa shape index (κ1) is 17.3. The largest absolute Gasteiger partial charge is 0.396 e. The molecule has 0 unspecified atom stereocenters. The standard InChI is InChI=1S/C18H27N3O3/c22-12-15-3-6-19-16(11-15)17(24)21-9-4-18(14-23,5-10-21)13-20-7-1-2-8-20/h3,6,11,22-23H,1-2,4-5,7-10,12-14H2. The van der Waals surface area contributed by atoms with Gasteiger partial charge in [-0.3, -0.25) is 9.78 Å². The molecular weight excluding hydrogens is 306 g/mol. The molecule has 0 aliphatic carbocycles. The molecule has 2 N–H and O–H groups in total. The summed E-state index contributed by atoms with van der Waals surface area (Å²) in [6, 6.07) is 3.36. The summed E-state index contributed by atoms with van der Waals surface area (Å²) in [6.07, 6.45) is 5.71. The molecule has 2 aliphatic rings. The lowest BCUT2D eigenvalue weighted by molar-refractivity contribution is 0.0176. The van der Waals surface area contributed by atoms with Crippen LogP contribution in [-0.2, 0) is 6.61 Å². The van der Waals surface area contributed by atoms with E-state index in [0.717, 1.165) is 32.5 Å². The molecule has 3 rings (SSSR count). The summed E-state index contributed by atoms with van der Waals surface area (Å²) < 4.78 is 0. The second-order valence-corrected chi connectivity index (χ2v) is 7.14. The van der Waals surface area contributed by atoms with Crippen LogP contribution in [0.25, 0.3) is 0 Å². The van der Waals surface area contributed by atoms with E-state index in [1.165, 1.54) is 12.8 Å². The van der Waals surface area contributed by atoms with Crippen LogP contribution < -0.4 is 0 Å². The topological polar surface area (TPSA) is 76.9 Å². The Morgan fingerprint density at radius 1 is 1.17 bits per heavy atom. The summed E-state index contributed by atoms with van der Waals surface area (Å²) in [7, 11) is 0. The van der Waals surface area contributed by atoms with Crippen molar-refractivity contribution in [2.24, 2.45) is 5.41 Å². The van der Waals surface area contributed by atoms with E-state index in [4.69, 9.17) is 0 Å². The fraction of sp³-hybridized carbons (Fsp3) is 0.667. The van der Waals surface area contributed by atoms with Gasteiger partial charge in [-0.15, -0.1) is 0 Å². The number of hydrogen-bond acceptors (Lipinski definition) is 5. The molecule has 2 saturated heterocycles. The van der Waals surface area contributed by atoms with Gasteiger partial charge in [-0.2, -0.15) is 0 Å². The van der Waals surface area contributed by atoms with E-state index in [-0.39, 0.29) is 24.5 Å². The molecule has 24 heavy (non-hydrogen) atoms. The third-order valence-electron chi connectivity index (χ3n) is 5.43. The van der Waals surface area contributed by atoms with Crippen LogP contribution >= 0.6 is 0 Å². The van der Waals surface area contributed by atoms with Crippen LogP contribution in [0, 0.1) is 5.41 Å².